The van der Waals surface area contributed by atoms with Gasteiger partial charge in [-0.2, -0.15) is 0 Å². The molecule has 4 atom stereocenters. The molecule has 0 spiro atoms. The summed E-state index contributed by atoms with van der Waals surface area (Å²) in [5.74, 6) is 0.322. The lowest BCUT2D eigenvalue weighted by atomic mass is 9.79. The van der Waals surface area contributed by atoms with Crippen molar-refractivity contribution >= 4 is 17.8 Å². The van der Waals surface area contributed by atoms with Crippen LogP contribution in [0.2, 0.25) is 0 Å². The van der Waals surface area contributed by atoms with Crippen LogP contribution in [0.25, 0.3) is 0 Å². The molecule has 146 valence electrons. The van der Waals surface area contributed by atoms with Crippen LogP contribution in [0.5, 0.6) is 0 Å². The van der Waals surface area contributed by atoms with Crippen LogP contribution >= 0.6 is 0 Å². The fraction of sp³-hybridized carbons (Fsp3) is 0.842. The molecule has 26 heavy (non-hydrogen) atoms. The highest BCUT2D eigenvalue weighted by Crippen LogP contribution is 2.34. The molecule has 0 radical (unpaired) electrons. The second-order valence-electron chi connectivity index (χ2n) is 7.95. The lowest BCUT2D eigenvalue weighted by Gasteiger charge is -2.27. The summed E-state index contributed by atoms with van der Waals surface area (Å²) >= 11 is 0. The number of carbonyl (C=O) groups excluding carboxylic acids is 3. The average Bonchev–Trinajstić information content (AvgIpc) is 3.31. The van der Waals surface area contributed by atoms with Gasteiger partial charge in [-0.3, -0.25) is 9.59 Å². The second kappa shape index (κ2) is 8.84. The van der Waals surface area contributed by atoms with Gasteiger partial charge in [0.2, 0.25) is 11.8 Å². The van der Waals surface area contributed by atoms with Crippen molar-refractivity contribution in [1.82, 2.24) is 16.0 Å². The number of hydrogen-bond donors (Lipinski definition) is 3. The molecule has 7 nitrogen and oxygen atoms in total. The molecule has 7 heteroatoms. The van der Waals surface area contributed by atoms with Crippen molar-refractivity contribution in [3.05, 3.63) is 0 Å². The van der Waals surface area contributed by atoms with E-state index in [1.54, 1.807) is 0 Å². The van der Waals surface area contributed by atoms with E-state index in [0.717, 1.165) is 13.0 Å². The van der Waals surface area contributed by atoms with Crippen LogP contribution in [-0.2, 0) is 19.1 Å². The zero-order valence-corrected chi connectivity index (χ0v) is 15.6. The summed E-state index contributed by atoms with van der Waals surface area (Å²) in [7, 11) is 1.31. The van der Waals surface area contributed by atoms with Crippen molar-refractivity contribution in [1.29, 1.82) is 0 Å². The molecule has 3 aliphatic rings. The molecule has 0 aromatic heterocycles. The summed E-state index contributed by atoms with van der Waals surface area (Å²) in [6.45, 7) is 1.50. The minimum Gasteiger partial charge on any atom is -0.467 e. The van der Waals surface area contributed by atoms with Gasteiger partial charge in [0, 0.05) is 12.5 Å². The molecule has 0 aromatic rings. The fourth-order valence-corrected chi connectivity index (χ4v) is 4.71. The zero-order chi connectivity index (χ0) is 18.5. The second-order valence-corrected chi connectivity index (χ2v) is 7.95. The van der Waals surface area contributed by atoms with Gasteiger partial charge in [0.15, 0.2) is 0 Å². The Kier molecular flexibility index (Phi) is 6.51. The fourth-order valence-electron chi connectivity index (χ4n) is 4.71. The largest absolute Gasteiger partial charge is 0.467 e. The number of ether oxygens (including phenoxy) is 1. The van der Waals surface area contributed by atoms with Crippen LogP contribution in [0.4, 0.5) is 0 Å². The van der Waals surface area contributed by atoms with Crippen molar-refractivity contribution in [3.8, 4) is 0 Å². The summed E-state index contributed by atoms with van der Waals surface area (Å²) in [4.78, 5) is 36.5. The van der Waals surface area contributed by atoms with Gasteiger partial charge in [0.1, 0.15) is 6.04 Å². The van der Waals surface area contributed by atoms with E-state index in [1.165, 1.54) is 39.2 Å². The van der Waals surface area contributed by atoms with E-state index >= 15 is 0 Å². The van der Waals surface area contributed by atoms with Gasteiger partial charge < -0.3 is 20.7 Å². The van der Waals surface area contributed by atoms with Gasteiger partial charge in [0.05, 0.1) is 13.2 Å². The Morgan fingerprint density at radius 3 is 2.62 bits per heavy atom. The maximum Gasteiger partial charge on any atom is 0.328 e. The summed E-state index contributed by atoms with van der Waals surface area (Å²) < 4.78 is 4.83. The third-order valence-corrected chi connectivity index (χ3v) is 6.28. The Morgan fingerprint density at radius 2 is 1.96 bits per heavy atom. The van der Waals surface area contributed by atoms with Gasteiger partial charge >= 0.3 is 5.97 Å². The van der Waals surface area contributed by atoms with Crippen molar-refractivity contribution in [2.24, 2.45) is 17.8 Å². The Balaban J connectivity index is 1.53. The van der Waals surface area contributed by atoms with E-state index < -0.39 is 12.0 Å². The van der Waals surface area contributed by atoms with Gasteiger partial charge in [-0.25, -0.2) is 4.79 Å². The van der Waals surface area contributed by atoms with E-state index in [2.05, 4.69) is 16.0 Å². The summed E-state index contributed by atoms with van der Waals surface area (Å²) in [5.41, 5.74) is 0. The van der Waals surface area contributed by atoms with E-state index in [9.17, 15) is 14.4 Å². The van der Waals surface area contributed by atoms with E-state index in [1.807, 2.05) is 0 Å². The molecule has 0 aromatic carbocycles. The lowest BCUT2D eigenvalue weighted by molar-refractivity contribution is -0.146. The number of hydrogen-bond acceptors (Lipinski definition) is 5. The molecule has 3 rings (SSSR count). The first-order valence-electron chi connectivity index (χ1n) is 9.97. The summed E-state index contributed by atoms with van der Waals surface area (Å²) in [6, 6.07) is -1.02. The standard InChI is InChI=1S/C19H31N3O4/c1-26-19(25)16(9-13-7-8-20-17(13)23)22-18(24)15-10-14(11-21-15)12-5-3-2-4-6-12/h12-16,21H,2-11H2,1H3,(H,20,23)(H,22,24)/t13-,14+,15-,16-/m0/s1. The van der Waals surface area contributed by atoms with E-state index in [4.69, 9.17) is 4.74 Å². The lowest BCUT2D eigenvalue weighted by Crippen LogP contribution is -2.49. The first-order valence-corrected chi connectivity index (χ1v) is 9.97. The van der Waals surface area contributed by atoms with Crippen LogP contribution in [0, 0.1) is 17.8 Å². The van der Waals surface area contributed by atoms with Crippen molar-refractivity contribution < 1.29 is 19.1 Å². The molecule has 0 bridgehead atoms. The van der Waals surface area contributed by atoms with Crippen molar-refractivity contribution in [3.63, 3.8) is 0 Å². The number of methoxy groups -OCH3 is 1. The van der Waals surface area contributed by atoms with Crippen LogP contribution in [0.1, 0.15) is 51.4 Å². The first kappa shape index (κ1) is 19.1. The minimum absolute atomic E-state index is 0.0514. The number of esters is 1. The minimum atomic E-state index is -0.767. The third-order valence-electron chi connectivity index (χ3n) is 6.28. The van der Waals surface area contributed by atoms with E-state index in [0.29, 0.717) is 31.2 Å². The zero-order valence-electron chi connectivity index (χ0n) is 15.6. The molecule has 2 amide bonds. The Bertz CT molecular complexity index is 533. The van der Waals surface area contributed by atoms with Gasteiger partial charge in [0.25, 0.3) is 0 Å². The molecule has 1 saturated carbocycles. The molecule has 2 saturated heterocycles. The molecule has 3 N–H and O–H groups in total. The molecular weight excluding hydrogens is 334 g/mol. The highest BCUT2D eigenvalue weighted by atomic mass is 16.5. The van der Waals surface area contributed by atoms with Crippen molar-refractivity contribution in [2.75, 3.05) is 20.2 Å². The molecule has 3 fully saturated rings. The normalized spacial score (nSPS) is 30.7. The highest BCUT2D eigenvalue weighted by Gasteiger charge is 2.37. The van der Waals surface area contributed by atoms with Crippen LogP contribution in [0.3, 0.4) is 0 Å². The maximum atomic E-state index is 12.7. The molecule has 1 aliphatic carbocycles. The number of rotatable bonds is 6. The Hall–Kier alpha value is -1.63. The predicted molar refractivity (Wildman–Crippen MR) is 96.2 cm³/mol. The third kappa shape index (κ3) is 4.55. The Morgan fingerprint density at radius 1 is 1.19 bits per heavy atom. The van der Waals surface area contributed by atoms with Crippen LogP contribution < -0.4 is 16.0 Å². The maximum absolute atomic E-state index is 12.7. The Labute approximate surface area is 155 Å². The predicted octanol–water partition coefficient (Wildman–Crippen LogP) is 0.729. The first-order chi connectivity index (χ1) is 12.6. The topological polar surface area (TPSA) is 96.5 Å². The molecular formula is C19H31N3O4. The van der Waals surface area contributed by atoms with Gasteiger partial charge in [-0.05, 0) is 37.6 Å². The van der Waals surface area contributed by atoms with E-state index in [-0.39, 0.29) is 23.8 Å². The van der Waals surface area contributed by atoms with Crippen molar-refractivity contribution in [2.45, 2.75) is 63.5 Å². The van der Waals surface area contributed by atoms with Gasteiger partial charge in [-0.1, -0.05) is 32.1 Å². The monoisotopic (exact) mass is 365 g/mol. The quantitative estimate of drug-likeness (QED) is 0.603. The highest BCUT2D eigenvalue weighted by molar-refractivity contribution is 5.88. The molecule has 2 heterocycles. The SMILES string of the molecule is COC(=O)[C@H](C[C@@H]1CCNC1=O)NC(=O)[C@@H]1C[C@@H](C2CCCCC2)CN1. The number of amides is 2. The summed E-state index contributed by atoms with van der Waals surface area (Å²) in [6.07, 6.45) is 8.27. The van der Waals surface area contributed by atoms with Crippen LogP contribution in [-0.4, -0.2) is 50.1 Å². The van der Waals surface area contributed by atoms with Crippen LogP contribution in [0.15, 0.2) is 0 Å². The summed E-state index contributed by atoms with van der Waals surface area (Å²) in [5, 5.41) is 8.92. The smallest absolute Gasteiger partial charge is 0.328 e. The molecule has 2 aliphatic heterocycles. The van der Waals surface area contributed by atoms with Gasteiger partial charge in [-0.15, -0.1) is 0 Å². The number of carbonyl (C=O) groups is 3. The average molecular weight is 365 g/mol. The molecule has 0 unspecified atom stereocenters. The number of nitrogens with one attached hydrogen (secondary N) is 3.